The third-order valence-corrected chi connectivity index (χ3v) is 5.57. The Morgan fingerprint density at radius 2 is 2.03 bits per heavy atom. The number of hydrogen-bond donors (Lipinski definition) is 0. The molecule has 34 heavy (non-hydrogen) atoms. The molecule has 178 valence electrons. The van der Waals surface area contributed by atoms with Crippen LogP contribution >= 0.6 is 0 Å². The molecule has 3 aromatic rings. The summed E-state index contributed by atoms with van der Waals surface area (Å²) in [6, 6.07) is 6.96. The number of anilines is 1. The van der Waals surface area contributed by atoms with Gasteiger partial charge in [0.1, 0.15) is 18.0 Å². The first-order valence-electron chi connectivity index (χ1n) is 11.3. The maximum absolute atomic E-state index is 12.5. The first-order chi connectivity index (χ1) is 16.4. The molecule has 1 aliphatic heterocycles. The van der Waals surface area contributed by atoms with E-state index in [1.807, 2.05) is 31.7 Å². The Morgan fingerprint density at radius 1 is 1.21 bits per heavy atom. The lowest BCUT2D eigenvalue weighted by Crippen LogP contribution is -2.51. The van der Waals surface area contributed by atoms with Crippen molar-refractivity contribution in [2.24, 2.45) is 7.05 Å². The summed E-state index contributed by atoms with van der Waals surface area (Å²) in [5.41, 5.74) is 0.772. The van der Waals surface area contributed by atoms with Crippen LogP contribution in [0.2, 0.25) is 0 Å². The molecule has 1 fully saturated rings. The van der Waals surface area contributed by atoms with Crippen LogP contribution in [0.25, 0.3) is 15.9 Å². The fourth-order valence-electron chi connectivity index (χ4n) is 4.01. The number of piperidine rings is 1. The number of hydrogen-bond acceptors (Lipinski definition) is 8. The molecule has 0 aromatic carbocycles. The summed E-state index contributed by atoms with van der Waals surface area (Å²) in [5.74, 6) is 1.90. The standard InChI is InChI=1S/C24H28N6O4/c1-6-32-19-14-30(12-11-18(19)34-21-10-7-16(13-26-21)33-15(2)3)23-22-17(29(5)24(31)28-23)8-9-20(25-4)27-22/h7-10,13,15,18-19H,6,11-12,14H2,1-3,5H3/t18-,19-/m1/s1. The predicted octanol–water partition coefficient (Wildman–Crippen LogP) is 3.12. The van der Waals surface area contributed by atoms with Crippen molar-refractivity contribution in [3.05, 3.63) is 52.4 Å². The Bertz CT molecular complexity index is 1250. The van der Waals surface area contributed by atoms with Crippen molar-refractivity contribution in [2.45, 2.75) is 45.5 Å². The number of nitrogens with zero attached hydrogens (tertiary/aromatic N) is 6. The van der Waals surface area contributed by atoms with Crippen LogP contribution in [0.3, 0.4) is 0 Å². The third kappa shape index (κ3) is 4.94. The molecule has 0 spiro atoms. The second kappa shape index (κ2) is 10.1. The van der Waals surface area contributed by atoms with Gasteiger partial charge in [0.15, 0.2) is 5.82 Å². The molecule has 0 radical (unpaired) electrons. The maximum atomic E-state index is 12.5. The van der Waals surface area contributed by atoms with E-state index < -0.39 is 0 Å². The van der Waals surface area contributed by atoms with Crippen LogP contribution in [-0.2, 0) is 11.8 Å². The largest absolute Gasteiger partial charge is 0.489 e. The Kier molecular flexibility index (Phi) is 6.93. The molecular formula is C24H28N6O4. The Balaban J connectivity index is 1.58. The Labute approximate surface area is 197 Å². The van der Waals surface area contributed by atoms with Crippen LogP contribution in [0.15, 0.2) is 35.3 Å². The van der Waals surface area contributed by atoms with Gasteiger partial charge in [-0.1, -0.05) is 6.57 Å². The normalized spacial score (nSPS) is 18.2. The zero-order valence-electron chi connectivity index (χ0n) is 19.8. The molecule has 4 rings (SSSR count). The van der Waals surface area contributed by atoms with Gasteiger partial charge in [0.25, 0.3) is 5.82 Å². The molecule has 2 atom stereocenters. The minimum absolute atomic E-state index is 0.0695. The van der Waals surface area contributed by atoms with Gasteiger partial charge >= 0.3 is 5.69 Å². The second-order valence-corrected chi connectivity index (χ2v) is 8.31. The highest BCUT2D eigenvalue weighted by molar-refractivity contribution is 5.87. The first kappa shape index (κ1) is 23.4. The Hall–Kier alpha value is -3.71. The van der Waals surface area contributed by atoms with Crippen LogP contribution in [0.5, 0.6) is 11.6 Å². The van der Waals surface area contributed by atoms with Gasteiger partial charge in [-0.05, 0) is 39.0 Å². The minimum Gasteiger partial charge on any atom is -0.489 e. The summed E-state index contributed by atoms with van der Waals surface area (Å²) in [7, 11) is 1.65. The van der Waals surface area contributed by atoms with Crippen molar-refractivity contribution in [3.63, 3.8) is 0 Å². The number of pyridine rings is 2. The molecule has 0 bridgehead atoms. The maximum Gasteiger partial charge on any atom is 0.350 e. The molecule has 1 aliphatic rings. The highest BCUT2D eigenvalue weighted by atomic mass is 16.5. The lowest BCUT2D eigenvalue weighted by atomic mass is 10.0. The molecule has 0 aliphatic carbocycles. The van der Waals surface area contributed by atoms with Gasteiger partial charge in [-0.2, -0.15) is 4.98 Å². The number of fused-ring (bicyclic) bond motifs is 1. The van der Waals surface area contributed by atoms with Crippen molar-refractivity contribution in [2.75, 3.05) is 24.6 Å². The molecule has 0 amide bonds. The summed E-state index contributed by atoms with van der Waals surface area (Å²) < 4.78 is 19.3. The van der Waals surface area contributed by atoms with Crippen molar-refractivity contribution in [1.82, 2.24) is 19.5 Å². The summed E-state index contributed by atoms with van der Waals surface area (Å²) in [5, 5.41) is 0. The number of rotatable bonds is 7. The van der Waals surface area contributed by atoms with Crippen LogP contribution in [-0.4, -0.2) is 57.5 Å². The van der Waals surface area contributed by atoms with E-state index in [4.69, 9.17) is 20.8 Å². The molecule has 10 heteroatoms. The van der Waals surface area contributed by atoms with Gasteiger partial charge in [-0.25, -0.2) is 9.78 Å². The molecular weight excluding hydrogens is 436 g/mol. The molecule has 10 nitrogen and oxygen atoms in total. The molecule has 4 heterocycles. The lowest BCUT2D eigenvalue weighted by Gasteiger charge is -2.38. The van der Waals surface area contributed by atoms with E-state index in [2.05, 4.69) is 19.8 Å². The average molecular weight is 465 g/mol. The number of aromatic nitrogens is 4. The fourth-order valence-corrected chi connectivity index (χ4v) is 4.01. The van der Waals surface area contributed by atoms with Crippen LogP contribution in [0, 0.1) is 6.57 Å². The van der Waals surface area contributed by atoms with Gasteiger partial charge < -0.3 is 24.0 Å². The lowest BCUT2D eigenvalue weighted by molar-refractivity contribution is -0.0297. The third-order valence-electron chi connectivity index (χ3n) is 5.57. The van der Waals surface area contributed by atoms with Crippen LogP contribution in [0.1, 0.15) is 27.2 Å². The summed E-state index contributed by atoms with van der Waals surface area (Å²) in [6.07, 6.45) is 1.87. The van der Waals surface area contributed by atoms with E-state index in [0.29, 0.717) is 54.6 Å². The van der Waals surface area contributed by atoms with Gasteiger partial charge in [0, 0.05) is 39.2 Å². The summed E-state index contributed by atoms with van der Waals surface area (Å²) >= 11 is 0. The monoisotopic (exact) mass is 464 g/mol. The summed E-state index contributed by atoms with van der Waals surface area (Å²) in [6.45, 7) is 14.7. The molecule has 0 unspecified atom stereocenters. The second-order valence-electron chi connectivity index (χ2n) is 8.31. The zero-order valence-corrected chi connectivity index (χ0v) is 19.8. The minimum atomic E-state index is -0.376. The molecule has 1 saturated heterocycles. The Morgan fingerprint density at radius 3 is 2.71 bits per heavy atom. The van der Waals surface area contributed by atoms with E-state index in [1.165, 1.54) is 4.57 Å². The summed E-state index contributed by atoms with van der Waals surface area (Å²) in [4.78, 5) is 31.0. The zero-order chi connectivity index (χ0) is 24.2. The SMILES string of the molecule is [C-]#[N+]c1ccc2c(n1)c(N1CC[C@@H](Oc3ccc(OC(C)C)cn3)[C@H](OCC)C1)nc(=O)n2C. The van der Waals surface area contributed by atoms with Crippen molar-refractivity contribution in [3.8, 4) is 11.6 Å². The van der Waals surface area contributed by atoms with Gasteiger partial charge in [-0.3, -0.25) is 4.57 Å². The van der Waals surface area contributed by atoms with E-state index in [-0.39, 0.29) is 29.8 Å². The molecule has 0 N–H and O–H groups in total. The topological polar surface area (TPSA) is 96.0 Å². The van der Waals surface area contributed by atoms with Crippen LogP contribution < -0.4 is 20.1 Å². The van der Waals surface area contributed by atoms with Gasteiger partial charge in [-0.15, -0.1) is 4.98 Å². The number of aryl methyl sites for hydroxylation is 1. The van der Waals surface area contributed by atoms with E-state index in [0.717, 1.165) is 0 Å². The van der Waals surface area contributed by atoms with Crippen molar-refractivity contribution in [1.29, 1.82) is 0 Å². The highest BCUT2D eigenvalue weighted by Crippen LogP contribution is 2.28. The van der Waals surface area contributed by atoms with Crippen molar-refractivity contribution >= 4 is 22.7 Å². The van der Waals surface area contributed by atoms with E-state index in [9.17, 15) is 4.79 Å². The average Bonchev–Trinajstić information content (AvgIpc) is 2.83. The van der Waals surface area contributed by atoms with Gasteiger partial charge in [0.05, 0.1) is 17.8 Å². The van der Waals surface area contributed by atoms with Crippen molar-refractivity contribution < 1.29 is 14.2 Å². The van der Waals surface area contributed by atoms with Gasteiger partial charge in [0.2, 0.25) is 11.4 Å². The number of ether oxygens (including phenoxy) is 3. The predicted molar refractivity (Wildman–Crippen MR) is 128 cm³/mol. The quantitative estimate of drug-likeness (QED) is 0.492. The first-order valence-corrected chi connectivity index (χ1v) is 11.3. The molecule has 0 saturated carbocycles. The van der Waals surface area contributed by atoms with Crippen LogP contribution in [0.4, 0.5) is 11.6 Å². The van der Waals surface area contributed by atoms with E-state index in [1.54, 1.807) is 31.4 Å². The molecule has 3 aromatic heterocycles. The highest BCUT2D eigenvalue weighted by Gasteiger charge is 2.34. The fraction of sp³-hybridized carbons (Fsp3) is 0.458. The van der Waals surface area contributed by atoms with E-state index >= 15 is 0 Å². The smallest absolute Gasteiger partial charge is 0.350 e.